The summed E-state index contributed by atoms with van der Waals surface area (Å²) in [5, 5.41) is 10.3. The fraction of sp³-hybridized carbons (Fsp3) is 0.360. The number of ether oxygens (including phenoxy) is 1. The Morgan fingerprint density at radius 1 is 1.14 bits per heavy atom. The Hall–Kier alpha value is -3.22. The van der Waals surface area contributed by atoms with Gasteiger partial charge in [0.05, 0.1) is 22.6 Å². The number of anilines is 1. The highest BCUT2D eigenvalue weighted by atomic mass is 32.2. The number of rotatable bonds is 7. The number of hydrogen-bond acceptors (Lipinski definition) is 6. The molecule has 0 saturated carbocycles. The Bertz CT molecular complexity index is 1420. The molecule has 2 aromatic carbocycles. The molecule has 2 N–H and O–H groups in total. The molecule has 5 rings (SSSR count). The molecule has 0 bridgehead atoms. The molecule has 12 heteroatoms. The maximum Gasteiger partial charge on any atom is 0.243 e. The van der Waals surface area contributed by atoms with Gasteiger partial charge < -0.3 is 10.1 Å². The van der Waals surface area contributed by atoms with E-state index >= 15 is 0 Å². The van der Waals surface area contributed by atoms with Crippen LogP contribution in [0, 0.1) is 17.5 Å². The molecule has 2 aliphatic rings. The van der Waals surface area contributed by atoms with Gasteiger partial charge in [0.15, 0.2) is 5.78 Å². The number of halogens is 3. The molecule has 196 valence electrons. The number of fused-ring (bicyclic) bond motifs is 1. The van der Waals surface area contributed by atoms with Crippen LogP contribution in [0.3, 0.4) is 0 Å². The van der Waals surface area contributed by atoms with Crippen LogP contribution in [0.15, 0.2) is 41.3 Å². The van der Waals surface area contributed by atoms with Gasteiger partial charge in [-0.3, -0.25) is 9.89 Å². The van der Waals surface area contributed by atoms with Crippen LogP contribution in [-0.2, 0) is 34.1 Å². The molecule has 1 fully saturated rings. The lowest BCUT2D eigenvalue weighted by molar-refractivity contribution is 0.0904. The molecule has 3 aromatic rings. The van der Waals surface area contributed by atoms with E-state index in [1.807, 2.05) is 0 Å². The number of benzene rings is 2. The van der Waals surface area contributed by atoms with E-state index in [9.17, 15) is 26.4 Å². The van der Waals surface area contributed by atoms with Gasteiger partial charge in [-0.05, 0) is 37.1 Å². The molecular weight excluding hydrogens is 509 g/mol. The number of hydrogen-bond donors (Lipinski definition) is 2. The van der Waals surface area contributed by atoms with Crippen molar-refractivity contribution in [1.82, 2.24) is 14.5 Å². The average Bonchev–Trinajstić information content (AvgIpc) is 3.26. The summed E-state index contributed by atoms with van der Waals surface area (Å²) in [7, 11) is -4.21. The molecule has 0 aliphatic carbocycles. The number of nitrogens with one attached hydrogen (secondary N) is 2. The smallest absolute Gasteiger partial charge is 0.243 e. The van der Waals surface area contributed by atoms with Gasteiger partial charge >= 0.3 is 0 Å². The summed E-state index contributed by atoms with van der Waals surface area (Å²) in [6.45, 7) is 1.09. The minimum Gasteiger partial charge on any atom is -0.381 e. The van der Waals surface area contributed by atoms with Crippen molar-refractivity contribution in [2.75, 3.05) is 25.1 Å². The SMILES string of the molecule is O=C(Cc1n[nH]c2c1CN(S(=O)(=O)c1cc(F)cc(F)c1)CC2)c1c(F)cccc1NC1CCOCC1. The number of sulfonamides is 1. The molecule has 8 nitrogen and oxygen atoms in total. The van der Waals surface area contributed by atoms with Crippen LogP contribution in [0.4, 0.5) is 18.9 Å². The van der Waals surface area contributed by atoms with Crippen molar-refractivity contribution in [3.8, 4) is 0 Å². The molecular formula is C25H25F3N4O4S. The molecule has 3 heterocycles. The largest absolute Gasteiger partial charge is 0.381 e. The fourth-order valence-electron chi connectivity index (χ4n) is 4.74. The van der Waals surface area contributed by atoms with Crippen LogP contribution >= 0.6 is 0 Å². The second-order valence-electron chi connectivity index (χ2n) is 9.11. The lowest BCUT2D eigenvalue weighted by Gasteiger charge is -2.26. The summed E-state index contributed by atoms with van der Waals surface area (Å²) in [6.07, 6.45) is 1.48. The van der Waals surface area contributed by atoms with Gasteiger partial charge in [0, 0.05) is 61.8 Å². The van der Waals surface area contributed by atoms with Crippen LogP contribution in [0.25, 0.3) is 0 Å². The van der Waals surface area contributed by atoms with Crippen molar-refractivity contribution < 1.29 is 31.1 Å². The van der Waals surface area contributed by atoms with Gasteiger partial charge in [-0.1, -0.05) is 6.07 Å². The number of carbonyl (C=O) groups excluding carboxylic acids is 1. The van der Waals surface area contributed by atoms with E-state index in [4.69, 9.17) is 4.74 Å². The van der Waals surface area contributed by atoms with Gasteiger partial charge in [-0.25, -0.2) is 21.6 Å². The minimum atomic E-state index is -4.21. The first-order chi connectivity index (χ1) is 17.7. The molecule has 0 amide bonds. The Morgan fingerprint density at radius 2 is 1.86 bits per heavy atom. The van der Waals surface area contributed by atoms with Crippen LogP contribution in [-0.4, -0.2) is 54.5 Å². The molecule has 0 radical (unpaired) electrons. The predicted octanol–water partition coefficient (Wildman–Crippen LogP) is 3.59. The van der Waals surface area contributed by atoms with E-state index in [1.54, 1.807) is 6.07 Å². The van der Waals surface area contributed by atoms with Gasteiger partial charge in [-0.2, -0.15) is 9.40 Å². The van der Waals surface area contributed by atoms with Crippen molar-refractivity contribution in [2.24, 2.45) is 0 Å². The number of carbonyl (C=O) groups is 1. The maximum absolute atomic E-state index is 14.8. The number of H-pyrrole nitrogens is 1. The van der Waals surface area contributed by atoms with Crippen LogP contribution < -0.4 is 5.32 Å². The van der Waals surface area contributed by atoms with Gasteiger partial charge in [0.25, 0.3) is 0 Å². The summed E-state index contributed by atoms with van der Waals surface area (Å²) in [4.78, 5) is 12.8. The van der Waals surface area contributed by atoms with E-state index in [1.165, 1.54) is 12.1 Å². The number of aromatic amines is 1. The maximum atomic E-state index is 14.8. The quantitative estimate of drug-likeness (QED) is 0.449. The minimum absolute atomic E-state index is 0.0478. The monoisotopic (exact) mass is 534 g/mol. The molecule has 0 atom stereocenters. The van der Waals surface area contributed by atoms with Crippen molar-refractivity contribution in [2.45, 2.75) is 43.2 Å². The fourth-order valence-corrected chi connectivity index (χ4v) is 6.19. The number of ketones is 1. The summed E-state index contributed by atoms with van der Waals surface area (Å²) < 4.78 is 74.8. The molecule has 0 unspecified atom stereocenters. The molecule has 1 aromatic heterocycles. The van der Waals surface area contributed by atoms with Crippen molar-refractivity contribution >= 4 is 21.5 Å². The second-order valence-corrected chi connectivity index (χ2v) is 11.1. The first-order valence-electron chi connectivity index (χ1n) is 11.9. The third-order valence-corrected chi connectivity index (χ3v) is 8.48. The molecule has 1 saturated heterocycles. The van der Waals surface area contributed by atoms with Crippen molar-refractivity contribution in [1.29, 1.82) is 0 Å². The zero-order valence-corrected chi connectivity index (χ0v) is 20.6. The lowest BCUT2D eigenvalue weighted by atomic mass is 9.99. The Kier molecular flexibility index (Phi) is 7.06. The number of Topliss-reactive ketones (excluding diaryl/α,β-unsaturated/α-hetero) is 1. The Labute approximate surface area is 211 Å². The lowest BCUT2D eigenvalue weighted by Crippen LogP contribution is -2.36. The third kappa shape index (κ3) is 5.27. The number of aromatic nitrogens is 2. The summed E-state index contributed by atoms with van der Waals surface area (Å²) >= 11 is 0. The van der Waals surface area contributed by atoms with Gasteiger partial charge in [0.2, 0.25) is 10.0 Å². The van der Waals surface area contributed by atoms with Crippen LogP contribution in [0.1, 0.15) is 40.2 Å². The van der Waals surface area contributed by atoms with Crippen molar-refractivity contribution in [3.63, 3.8) is 0 Å². The van der Waals surface area contributed by atoms with E-state index in [2.05, 4.69) is 15.5 Å². The Morgan fingerprint density at radius 3 is 2.59 bits per heavy atom. The first-order valence-corrected chi connectivity index (χ1v) is 13.3. The van der Waals surface area contributed by atoms with Gasteiger partial charge in [0.1, 0.15) is 17.5 Å². The standard InChI is InChI=1S/C25H25F3N4O4S/c26-15-10-16(27)12-18(11-15)37(34,35)32-7-4-21-19(14-32)23(31-30-21)13-24(33)25-20(28)2-1-3-22(25)29-17-5-8-36-9-6-17/h1-3,10-12,17,29H,4-9,13-14H2,(H,30,31). The zero-order chi connectivity index (χ0) is 26.2. The van der Waals surface area contributed by atoms with E-state index < -0.39 is 38.2 Å². The summed E-state index contributed by atoms with van der Waals surface area (Å²) in [6, 6.07) is 6.57. The van der Waals surface area contributed by atoms with Crippen molar-refractivity contribution in [3.05, 3.63) is 76.4 Å². The molecule has 2 aliphatic heterocycles. The summed E-state index contributed by atoms with van der Waals surface area (Å²) in [5.74, 6) is -3.17. The highest BCUT2D eigenvalue weighted by molar-refractivity contribution is 7.89. The van der Waals surface area contributed by atoms with Crippen LogP contribution in [0.2, 0.25) is 0 Å². The topological polar surface area (TPSA) is 104 Å². The highest BCUT2D eigenvalue weighted by Gasteiger charge is 2.32. The summed E-state index contributed by atoms with van der Waals surface area (Å²) in [5.41, 5.74) is 1.76. The van der Waals surface area contributed by atoms with E-state index in [-0.39, 0.29) is 37.5 Å². The zero-order valence-electron chi connectivity index (χ0n) is 19.8. The predicted molar refractivity (Wildman–Crippen MR) is 128 cm³/mol. The Balaban J connectivity index is 1.38. The number of nitrogens with zero attached hydrogens (tertiary/aromatic N) is 2. The van der Waals surface area contributed by atoms with Crippen LogP contribution in [0.5, 0.6) is 0 Å². The second kappa shape index (κ2) is 10.3. The highest BCUT2D eigenvalue weighted by Crippen LogP contribution is 2.29. The van der Waals surface area contributed by atoms with E-state index in [0.29, 0.717) is 41.9 Å². The molecule has 0 spiro atoms. The first kappa shape index (κ1) is 25.4. The van der Waals surface area contributed by atoms with E-state index in [0.717, 1.165) is 29.3 Å². The van der Waals surface area contributed by atoms with Gasteiger partial charge in [-0.15, -0.1) is 0 Å². The average molecular weight is 535 g/mol. The normalized spacial score (nSPS) is 16.9. The third-order valence-electron chi connectivity index (χ3n) is 6.66. The molecule has 37 heavy (non-hydrogen) atoms.